The second-order valence-corrected chi connectivity index (χ2v) is 5.46. The number of nitrogens with zero attached hydrogens (tertiary/aromatic N) is 4. The molecule has 0 unspecified atom stereocenters. The zero-order valence-corrected chi connectivity index (χ0v) is 12.8. The van der Waals surface area contributed by atoms with Crippen LogP contribution in [0.1, 0.15) is 11.7 Å². The highest BCUT2D eigenvalue weighted by Gasteiger charge is 2.29. The van der Waals surface area contributed by atoms with Crippen molar-refractivity contribution >= 4 is 28.5 Å². The standard InChI is InChI=1S/C16H12N6O3/c17-15-18-13(9-5-1-4-8-12(9)22(24)25)21-11-7-3-2-6-10(11)14(23)19-16(21)20-15/h1-8,13H,(H3,17,18,19,20,23)/t13-/m1/s1. The van der Waals surface area contributed by atoms with Crippen molar-refractivity contribution in [2.24, 2.45) is 10.7 Å². The van der Waals surface area contributed by atoms with Crippen LogP contribution in [-0.2, 0) is 0 Å². The van der Waals surface area contributed by atoms with Gasteiger partial charge in [-0.3, -0.25) is 24.8 Å². The van der Waals surface area contributed by atoms with E-state index >= 15 is 0 Å². The average molecular weight is 336 g/mol. The molecule has 1 aliphatic heterocycles. The quantitative estimate of drug-likeness (QED) is 0.540. The van der Waals surface area contributed by atoms with Crippen molar-refractivity contribution in [2.45, 2.75) is 6.17 Å². The summed E-state index contributed by atoms with van der Waals surface area (Å²) in [7, 11) is 0. The summed E-state index contributed by atoms with van der Waals surface area (Å²) in [5, 5.41) is 14.6. The summed E-state index contributed by atoms with van der Waals surface area (Å²) >= 11 is 0. The first kappa shape index (κ1) is 14.8. The van der Waals surface area contributed by atoms with Crippen molar-refractivity contribution in [3.63, 3.8) is 0 Å². The fourth-order valence-corrected chi connectivity index (χ4v) is 2.94. The molecule has 0 bridgehead atoms. The van der Waals surface area contributed by atoms with E-state index in [2.05, 4.69) is 15.3 Å². The van der Waals surface area contributed by atoms with Crippen molar-refractivity contribution in [1.82, 2.24) is 9.55 Å². The topological polar surface area (TPSA) is 128 Å². The van der Waals surface area contributed by atoms with Crippen LogP contribution in [0.3, 0.4) is 0 Å². The van der Waals surface area contributed by atoms with Gasteiger partial charge in [0, 0.05) is 6.07 Å². The second-order valence-electron chi connectivity index (χ2n) is 5.46. The minimum absolute atomic E-state index is 0.0327. The predicted octanol–water partition coefficient (Wildman–Crippen LogP) is 1.59. The number of nitrogens with two attached hydrogens (primary N) is 1. The van der Waals surface area contributed by atoms with Crippen molar-refractivity contribution in [3.05, 3.63) is 74.6 Å². The molecule has 4 rings (SSSR count). The van der Waals surface area contributed by atoms with Crippen molar-refractivity contribution in [1.29, 1.82) is 0 Å². The fourth-order valence-electron chi connectivity index (χ4n) is 2.94. The lowest BCUT2D eigenvalue weighted by Crippen LogP contribution is -2.35. The lowest BCUT2D eigenvalue weighted by atomic mass is 10.1. The maximum atomic E-state index is 12.2. The molecule has 2 aromatic carbocycles. The lowest BCUT2D eigenvalue weighted by Gasteiger charge is -2.26. The SMILES string of the molecule is NC1=N[C@@H](c2ccccc2[N+](=O)[O-])n2c(nc(=O)c3ccccc32)N1. The molecule has 124 valence electrons. The number of hydrogen-bond acceptors (Lipinski definition) is 7. The zero-order chi connectivity index (χ0) is 17.6. The van der Waals surface area contributed by atoms with Gasteiger partial charge in [0.15, 0.2) is 12.1 Å². The number of benzene rings is 2. The molecule has 3 N–H and O–H groups in total. The molecular formula is C16H12N6O3. The number of rotatable bonds is 2. The van der Waals surface area contributed by atoms with Crippen LogP contribution in [0, 0.1) is 10.1 Å². The second kappa shape index (κ2) is 5.41. The average Bonchev–Trinajstić information content (AvgIpc) is 2.61. The summed E-state index contributed by atoms with van der Waals surface area (Å²) in [6, 6.07) is 13.2. The molecule has 1 atom stereocenters. The Balaban J connectivity index is 2.07. The molecule has 0 fully saturated rings. The van der Waals surface area contributed by atoms with Gasteiger partial charge in [-0.2, -0.15) is 4.98 Å². The number of hydrogen-bond donors (Lipinski definition) is 2. The molecule has 2 heterocycles. The normalized spacial score (nSPS) is 16.0. The number of aliphatic imine (C=N–C) groups is 1. The fraction of sp³-hybridized carbons (Fsp3) is 0.0625. The van der Waals surface area contributed by atoms with Gasteiger partial charge in [-0.05, 0) is 18.2 Å². The number of guanidine groups is 1. The smallest absolute Gasteiger partial charge is 0.282 e. The Bertz CT molecular complexity index is 1100. The summed E-state index contributed by atoms with van der Waals surface area (Å²) in [4.78, 5) is 31.5. The molecule has 0 saturated carbocycles. The highest BCUT2D eigenvalue weighted by atomic mass is 16.6. The number of anilines is 1. The zero-order valence-electron chi connectivity index (χ0n) is 12.8. The third-order valence-corrected chi connectivity index (χ3v) is 3.99. The van der Waals surface area contributed by atoms with E-state index in [1.54, 1.807) is 47.0 Å². The maximum absolute atomic E-state index is 12.2. The van der Waals surface area contributed by atoms with Crippen LogP contribution >= 0.6 is 0 Å². The van der Waals surface area contributed by atoms with Crippen LogP contribution in [0.5, 0.6) is 0 Å². The number of nitro benzene ring substituents is 1. The summed E-state index contributed by atoms with van der Waals surface area (Å²) in [6.45, 7) is 0. The Hall–Kier alpha value is -3.75. The summed E-state index contributed by atoms with van der Waals surface area (Å²) in [5.41, 5.74) is 6.23. The molecular weight excluding hydrogens is 324 g/mol. The molecule has 3 aromatic rings. The van der Waals surface area contributed by atoms with E-state index in [9.17, 15) is 14.9 Å². The van der Waals surface area contributed by atoms with E-state index in [0.29, 0.717) is 16.5 Å². The Kier molecular flexibility index (Phi) is 3.21. The van der Waals surface area contributed by atoms with E-state index in [-0.39, 0.29) is 17.6 Å². The Morgan fingerprint density at radius 3 is 2.68 bits per heavy atom. The predicted molar refractivity (Wildman–Crippen MR) is 92.5 cm³/mol. The molecule has 9 nitrogen and oxygen atoms in total. The minimum atomic E-state index is -0.809. The van der Waals surface area contributed by atoms with E-state index in [1.165, 1.54) is 6.07 Å². The number of fused-ring (bicyclic) bond motifs is 3. The molecule has 0 spiro atoms. The van der Waals surface area contributed by atoms with Gasteiger partial charge >= 0.3 is 0 Å². The summed E-state index contributed by atoms with van der Waals surface area (Å²) in [5.74, 6) is 0.227. The number of nitro groups is 1. The van der Waals surface area contributed by atoms with Crippen molar-refractivity contribution < 1.29 is 4.92 Å². The van der Waals surface area contributed by atoms with Gasteiger partial charge < -0.3 is 5.73 Å². The summed E-state index contributed by atoms with van der Waals surface area (Å²) < 4.78 is 1.63. The van der Waals surface area contributed by atoms with Gasteiger partial charge in [-0.25, -0.2) is 4.99 Å². The van der Waals surface area contributed by atoms with E-state index in [1.807, 2.05) is 0 Å². The van der Waals surface area contributed by atoms with E-state index in [4.69, 9.17) is 5.73 Å². The number of para-hydroxylation sites is 2. The molecule has 0 saturated heterocycles. The van der Waals surface area contributed by atoms with Gasteiger partial charge in [0.05, 0.1) is 21.4 Å². The van der Waals surface area contributed by atoms with Crippen molar-refractivity contribution in [3.8, 4) is 0 Å². The molecule has 9 heteroatoms. The first-order valence-electron chi connectivity index (χ1n) is 7.41. The van der Waals surface area contributed by atoms with Crippen LogP contribution in [0.25, 0.3) is 10.9 Å². The Labute approximate surface area is 140 Å². The van der Waals surface area contributed by atoms with E-state index in [0.717, 1.165) is 0 Å². The minimum Gasteiger partial charge on any atom is -0.370 e. The Morgan fingerprint density at radius 1 is 1.16 bits per heavy atom. The van der Waals surface area contributed by atoms with Gasteiger partial charge in [-0.1, -0.05) is 24.3 Å². The van der Waals surface area contributed by atoms with Crippen molar-refractivity contribution in [2.75, 3.05) is 5.32 Å². The first-order valence-corrected chi connectivity index (χ1v) is 7.41. The van der Waals surface area contributed by atoms with Gasteiger partial charge in [-0.15, -0.1) is 0 Å². The van der Waals surface area contributed by atoms with Crippen LogP contribution in [0.4, 0.5) is 11.6 Å². The molecule has 25 heavy (non-hydrogen) atoms. The van der Waals surface area contributed by atoms with Crippen LogP contribution in [0.2, 0.25) is 0 Å². The maximum Gasteiger partial charge on any atom is 0.282 e. The molecule has 1 aromatic heterocycles. The Morgan fingerprint density at radius 2 is 1.88 bits per heavy atom. The highest BCUT2D eigenvalue weighted by molar-refractivity contribution is 5.93. The number of aromatic nitrogens is 2. The van der Waals surface area contributed by atoms with Gasteiger partial charge in [0.25, 0.3) is 11.2 Å². The molecule has 0 amide bonds. The lowest BCUT2D eigenvalue weighted by molar-refractivity contribution is -0.385. The third kappa shape index (κ3) is 2.29. The van der Waals surface area contributed by atoms with Crippen LogP contribution < -0.4 is 16.6 Å². The highest BCUT2D eigenvalue weighted by Crippen LogP contribution is 2.34. The van der Waals surface area contributed by atoms with Gasteiger partial charge in [0.2, 0.25) is 5.95 Å². The molecule has 0 radical (unpaired) electrons. The van der Waals surface area contributed by atoms with Gasteiger partial charge in [0.1, 0.15) is 0 Å². The monoisotopic (exact) mass is 336 g/mol. The number of nitrogens with one attached hydrogen (secondary N) is 1. The molecule has 1 aliphatic rings. The molecule has 0 aliphatic carbocycles. The first-order chi connectivity index (χ1) is 12.1. The van der Waals surface area contributed by atoms with Crippen LogP contribution in [-0.4, -0.2) is 20.4 Å². The summed E-state index contributed by atoms with van der Waals surface area (Å²) in [6.07, 6.45) is -0.809. The van der Waals surface area contributed by atoms with Crippen LogP contribution in [0.15, 0.2) is 58.3 Å². The third-order valence-electron chi connectivity index (χ3n) is 3.99. The largest absolute Gasteiger partial charge is 0.370 e. The van der Waals surface area contributed by atoms with E-state index < -0.39 is 16.6 Å².